The molecule has 0 saturated carbocycles. The van der Waals surface area contributed by atoms with Gasteiger partial charge in [0.2, 0.25) is 0 Å². The monoisotopic (exact) mass is 318 g/mol. The van der Waals surface area contributed by atoms with Crippen LogP contribution in [0.4, 0.5) is 0 Å². The van der Waals surface area contributed by atoms with E-state index in [1.54, 1.807) is 45.0 Å². The van der Waals surface area contributed by atoms with Crippen molar-refractivity contribution in [3.63, 3.8) is 0 Å². The van der Waals surface area contributed by atoms with E-state index in [0.717, 1.165) is 0 Å². The minimum Gasteiger partial charge on any atom is -0.481 e. The summed E-state index contributed by atoms with van der Waals surface area (Å²) in [6, 6.07) is 6.44. The Morgan fingerprint density at radius 1 is 1.25 bits per heavy atom. The lowest BCUT2D eigenvalue weighted by Crippen LogP contribution is -2.31. The molecule has 0 aliphatic heterocycles. The molecule has 0 aliphatic carbocycles. The van der Waals surface area contributed by atoms with E-state index in [-0.39, 0.29) is 12.2 Å². The molecule has 0 aromatic heterocycles. The molecule has 0 bridgehead atoms. The van der Waals surface area contributed by atoms with Crippen molar-refractivity contribution in [2.45, 2.75) is 37.9 Å². The van der Waals surface area contributed by atoms with Gasteiger partial charge in [-0.15, -0.1) is 0 Å². The minimum absolute atomic E-state index is 0.0522. The van der Waals surface area contributed by atoms with Crippen LogP contribution in [0.5, 0.6) is 0 Å². The zero-order chi connectivity index (χ0) is 15.6. The largest absolute Gasteiger partial charge is 0.481 e. The normalized spacial score (nSPS) is 14.0. The number of sulfone groups is 1. The molecular weight excluding hydrogens is 300 g/mol. The molecule has 112 valence electrons. The fraction of sp³-hybridized carbons (Fsp3) is 0.500. The second kappa shape index (κ2) is 6.14. The highest BCUT2D eigenvalue weighted by Gasteiger charge is 2.31. The molecule has 0 aliphatic rings. The molecule has 0 saturated heterocycles. The van der Waals surface area contributed by atoms with Gasteiger partial charge in [-0.25, -0.2) is 8.42 Å². The van der Waals surface area contributed by atoms with E-state index in [9.17, 15) is 18.3 Å². The number of carboxylic acid groups (broad SMARTS) is 1. The van der Waals surface area contributed by atoms with Crippen molar-refractivity contribution in [2.75, 3.05) is 5.75 Å². The molecule has 1 aromatic carbocycles. The number of halogens is 1. The number of carbonyl (C=O) groups is 1. The fourth-order valence-electron chi connectivity index (χ4n) is 1.71. The van der Waals surface area contributed by atoms with Crippen LogP contribution in [0.15, 0.2) is 24.3 Å². The molecule has 1 rings (SSSR count). The Bertz CT molecular complexity index is 570. The molecule has 0 spiro atoms. The first kappa shape index (κ1) is 17.0. The maximum absolute atomic E-state index is 12.1. The van der Waals surface area contributed by atoms with Gasteiger partial charge in [0.1, 0.15) is 0 Å². The molecule has 4 nitrogen and oxygen atoms in total. The maximum atomic E-state index is 12.1. The summed E-state index contributed by atoms with van der Waals surface area (Å²) in [5.74, 6) is -2.03. The van der Waals surface area contributed by atoms with E-state index in [1.807, 2.05) is 0 Å². The zero-order valence-corrected chi connectivity index (χ0v) is 13.3. The van der Waals surface area contributed by atoms with Gasteiger partial charge in [-0.1, -0.05) is 23.7 Å². The molecule has 0 heterocycles. The Morgan fingerprint density at radius 2 is 1.75 bits per heavy atom. The lowest BCUT2D eigenvalue weighted by molar-refractivity contribution is -0.138. The standard InChI is InChI=1S/C14H19ClO4S/c1-14(2,3)20(18,19)9-8-12(13(16)17)10-4-6-11(15)7-5-10/h4-7,12H,8-9H2,1-3H3,(H,16,17). The van der Waals surface area contributed by atoms with Gasteiger partial charge >= 0.3 is 5.97 Å². The third-order valence-corrected chi connectivity index (χ3v) is 6.07. The molecule has 20 heavy (non-hydrogen) atoms. The number of hydrogen-bond donors (Lipinski definition) is 1. The first-order chi connectivity index (χ1) is 9.04. The molecule has 1 aromatic rings. The van der Waals surface area contributed by atoms with Crippen molar-refractivity contribution in [1.82, 2.24) is 0 Å². The molecule has 0 radical (unpaired) electrons. The molecule has 6 heteroatoms. The summed E-state index contributed by atoms with van der Waals surface area (Å²) in [4.78, 5) is 11.3. The molecular formula is C14H19ClO4S. The summed E-state index contributed by atoms with van der Waals surface area (Å²) < 4.78 is 23.2. The number of aliphatic carboxylic acids is 1. The van der Waals surface area contributed by atoms with Gasteiger partial charge in [-0.3, -0.25) is 4.79 Å². The quantitative estimate of drug-likeness (QED) is 0.905. The van der Waals surface area contributed by atoms with Crippen LogP contribution in [0.1, 0.15) is 38.7 Å². The summed E-state index contributed by atoms with van der Waals surface area (Å²) in [7, 11) is -3.33. The van der Waals surface area contributed by atoms with E-state index in [1.165, 1.54) is 0 Å². The van der Waals surface area contributed by atoms with Gasteiger partial charge < -0.3 is 5.11 Å². The van der Waals surface area contributed by atoms with Crippen molar-refractivity contribution >= 4 is 27.4 Å². The number of hydrogen-bond acceptors (Lipinski definition) is 3. The van der Waals surface area contributed by atoms with Crippen LogP contribution in [0.25, 0.3) is 0 Å². The maximum Gasteiger partial charge on any atom is 0.311 e. The lowest BCUT2D eigenvalue weighted by atomic mass is 9.97. The van der Waals surface area contributed by atoms with E-state index in [2.05, 4.69) is 0 Å². The van der Waals surface area contributed by atoms with Gasteiger partial charge in [-0.05, 0) is 44.9 Å². The second-order valence-electron chi connectivity index (χ2n) is 5.66. The Kier molecular flexibility index (Phi) is 5.21. The van der Waals surface area contributed by atoms with Crippen molar-refractivity contribution in [3.05, 3.63) is 34.9 Å². The first-order valence-electron chi connectivity index (χ1n) is 6.25. The van der Waals surface area contributed by atoms with Crippen LogP contribution in [-0.4, -0.2) is 30.0 Å². The zero-order valence-electron chi connectivity index (χ0n) is 11.8. The van der Waals surface area contributed by atoms with Crippen molar-refractivity contribution in [1.29, 1.82) is 0 Å². The molecule has 1 atom stereocenters. The summed E-state index contributed by atoms with van der Waals surface area (Å²) in [5, 5.41) is 9.78. The highest BCUT2D eigenvalue weighted by molar-refractivity contribution is 7.92. The summed E-state index contributed by atoms with van der Waals surface area (Å²) >= 11 is 5.76. The SMILES string of the molecule is CC(C)(C)S(=O)(=O)CCC(C(=O)O)c1ccc(Cl)cc1. The summed E-state index contributed by atoms with van der Waals surface area (Å²) in [6.07, 6.45) is 0.0522. The van der Waals surface area contributed by atoms with E-state index >= 15 is 0 Å². The van der Waals surface area contributed by atoms with Crippen molar-refractivity contribution in [3.8, 4) is 0 Å². The average molecular weight is 319 g/mol. The molecule has 1 unspecified atom stereocenters. The highest BCUT2D eigenvalue weighted by atomic mass is 35.5. The van der Waals surface area contributed by atoms with E-state index in [0.29, 0.717) is 10.6 Å². The van der Waals surface area contributed by atoms with Crippen LogP contribution in [0.2, 0.25) is 5.02 Å². The predicted molar refractivity (Wildman–Crippen MR) is 80.0 cm³/mol. The predicted octanol–water partition coefficient (Wildman–Crippen LogP) is 3.11. The topological polar surface area (TPSA) is 71.4 Å². The van der Waals surface area contributed by atoms with Gasteiger partial charge in [-0.2, -0.15) is 0 Å². The third kappa shape index (κ3) is 4.21. The fourth-order valence-corrected chi connectivity index (χ4v) is 2.99. The molecule has 0 fully saturated rings. The van der Waals surface area contributed by atoms with Gasteiger partial charge in [0, 0.05) is 5.02 Å². The first-order valence-corrected chi connectivity index (χ1v) is 8.28. The summed E-state index contributed by atoms with van der Waals surface area (Å²) in [5.41, 5.74) is 0.561. The van der Waals surface area contributed by atoms with Crippen LogP contribution in [0, 0.1) is 0 Å². The van der Waals surface area contributed by atoms with Crippen LogP contribution in [0.3, 0.4) is 0 Å². The third-order valence-electron chi connectivity index (χ3n) is 3.18. The minimum atomic E-state index is -3.33. The van der Waals surface area contributed by atoms with Crippen molar-refractivity contribution < 1.29 is 18.3 Å². The Balaban J connectivity index is 2.91. The van der Waals surface area contributed by atoms with Crippen molar-refractivity contribution in [2.24, 2.45) is 0 Å². The smallest absolute Gasteiger partial charge is 0.311 e. The van der Waals surface area contributed by atoms with E-state index < -0.39 is 26.5 Å². The second-order valence-corrected chi connectivity index (χ2v) is 8.96. The summed E-state index contributed by atoms with van der Waals surface area (Å²) in [6.45, 7) is 4.83. The highest BCUT2D eigenvalue weighted by Crippen LogP contribution is 2.25. The van der Waals surface area contributed by atoms with Gasteiger partial charge in [0.15, 0.2) is 9.84 Å². The Hall–Kier alpha value is -1.07. The van der Waals surface area contributed by atoms with Crippen LogP contribution in [-0.2, 0) is 14.6 Å². The average Bonchev–Trinajstić information content (AvgIpc) is 2.29. The number of benzene rings is 1. The van der Waals surface area contributed by atoms with E-state index in [4.69, 9.17) is 11.6 Å². The molecule has 0 amide bonds. The van der Waals surface area contributed by atoms with Gasteiger partial charge in [0.25, 0.3) is 0 Å². The van der Waals surface area contributed by atoms with Crippen LogP contribution < -0.4 is 0 Å². The van der Waals surface area contributed by atoms with Crippen LogP contribution >= 0.6 is 11.6 Å². The Morgan fingerprint density at radius 3 is 2.15 bits per heavy atom. The number of rotatable bonds is 5. The van der Waals surface area contributed by atoms with Gasteiger partial charge in [0.05, 0.1) is 16.4 Å². The number of carboxylic acids is 1. The lowest BCUT2D eigenvalue weighted by Gasteiger charge is -2.20. The molecule has 1 N–H and O–H groups in total. The Labute approximate surface area is 124 Å².